The SMILES string of the molecule is CC(C)=CCC1C=CC(C(F)C(C)C)=CC1. The van der Waals surface area contributed by atoms with E-state index in [1.807, 2.05) is 19.9 Å². The lowest BCUT2D eigenvalue weighted by Gasteiger charge is -2.19. The van der Waals surface area contributed by atoms with Gasteiger partial charge in [0.2, 0.25) is 0 Å². The predicted octanol–water partition coefficient (Wildman–Crippen LogP) is 4.84. The Morgan fingerprint density at radius 1 is 1.50 bits per heavy atom. The van der Waals surface area contributed by atoms with Gasteiger partial charge < -0.3 is 0 Å². The maximum atomic E-state index is 13.7. The Morgan fingerprint density at radius 2 is 2.19 bits per heavy atom. The standard InChI is InChI=1S/C15H23F/c1-11(2)5-6-13-7-9-14(10-8-13)15(16)12(3)4/h5,7,9-10,12-13,15H,6,8H2,1-4H3. The zero-order valence-corrected chi connectivity index (χ0v) is 10.8. The molecule has 0 heterocycles. The van der Waals surface area contributed by atoms with Crippen molar-refractivity contribution in [2.24, 2.45) is 11.8 Å². The molecule has 0 aromatic carbocycles. The van der Waals surface area contributed by atoms with Gasteiger partial charge in [0.1, 0.15) is 6.17 Å². The van der Waals surface area contributed by atoms with E-state index in [-0.39, 0.29) is 5.92 Å². The lowest BCUT2D eigenvalue weighted by atomic mass is 9.89. The van der Waals surface area contributed by atoms with Gasteiger partial charge in [-0.3, -0.25) is 0 Å². The van der Waals surface area contributed by atoms with Crippen molar-refractivity contribution in [1.82, 2.24) is 0 Å². The molecule has 0 fully saturated rings. The Kier molecular flexibility index (Phi) is 4.98. The van der Waals surface area contributed by atoms with Crippen molar-refractivity contribution < 1.29 is 4.39 Å². The molecular weight excluding hydrogens is 199 g/mol. The van der Waals surface area contributed by atoms with Gasteiger partial charge in [-0.25, -0.2) is 4.39 Å². The van der Waals surface area contributed by atoms with Gasteiger partial charge in [0.25, 0.3) is 0 Å². The van der Waals surface area contributed by atoms with E-state index in [2.05, 4.69) is 32.1 Å². The normalized spacial score (nSPS) is 21.9. The second-order valence-electron chi connectivity index (χ2n) is 5.22. The molecule has 1 aliphatic carbocycles. The second-order valence-corrected chi connectivity index (χ2v) is 5.22. The van der Waals surface area contributed by atoms with Crippen molar-refractivity contribution in [3.8, 4) is 0 Å². The summed E-state index contributed by atoms with van der Waals surface area (Å²) in [6, 6.07) is 0. The summed E-state index contributed by atoms with van der Waals surface area (Å²) in [5.41, 5.74) is 2.22. The fourth-order valence-electron chi connectivity index (χ4n) is 1.83. The van der Waals surface area contributed by atoms with Gasteiger partial charge in [0.15, 0.2) is 0 Å². The Morgan fingerprint density at radius 3 is 2.62 bits per heavy atom. The van der Waals surface area contributed by atoms with Crippen LogP contribution in [0.15, 0.2) is 35.5 Å². The first-order valence-corrected chi connectivity index (χ1v) is 6.16. The van der Waals surface area contributed by atoms with E-state index < -0.39 is 6.17 Å². The summed E-state index contributed by atoms with van der Waals surface area (Å²) in [7, 11) is 0. The summed E-state index contributed by atoms with van der Waals surface area (Å²) in [4.78, 5) is 0. The summed E-state index contributed by atoms with van der Waals surface area (Å²) in [6.45, 7) is 8.08. The van der Waals surface area contributed by atoms with Crippen molar-refractivity contribution in [2.45, 2.75) is 46.7 Å². The molecule has 0 bridgehead atoms. The average molecular weight is 222 g/mol. The van der Waals surface area contributed by atoms with Gasteiger partial charge in [-0.05, 0) is 44.1 Å². The van der Waals surface area contributed by atoms with Crippen molar-refractivity contribution in [3.63, 3.8) is 0 Å². The van der Waals surface area contributed by atoms with Crippen LogP contribution in [0.5, 0.6) is 0 Å². The molecule has 1 aliphatic rings. The van der Waals surface area contributed by atoms with E-state index >= 15 is 0 Å². The first kappa shape index (κ1) is 13.2. The molecule has 2 unspecified atom stereocenters. The van der Waals surface area contributed by atoms with E-state index in [4.69, 9.17) is 0 Å². The number of allylic oxidation sites excluding steroid dienone is 6. The van der Waals surface area contributed by atoms with Crippen LogP contribution in [0.3, 0.4) is 0 Å². The maximum absolute atomic E-state index is 13.7. The molecule has 0 spiro atoms. The summed E-state index contributed by atoms with van der Waals surface area (Å²) >= 11 is 0. The topological polar surface area (TPSA) is 0 Å². The third-order valence-corrected chi connectivity index (χ3v) is 2.95. The molecular formula is C15H23F. The van der Waals surface area contributed by atoms with Crippen LogP contribution in [0.2, 0.25) is 0 Å². The number of hydrogen-bond acceptors (Lipinski definition) is 0. The third-order valence-electron chi connectivity index (χ3n) is 2.95. The molecule has 0 nitrogen and oxygen atoms in total. The van der Waals surface area contributed by atoms with Crippen LogP contribution in [-0.2, 0) is 0 Å². The minimum Gasteiger partial charge on any atom is -0.242 e. The quantitative estimate of drug-likeness (QED) is 0.597. The number of hydrogen-bond donors (Lipinski definition) is 0. The summed E-state index contributed by atoms with van der Waals surface area (Å²) < 4.78 is 13.7. The van der Waals surface area contributed by atoms with Crippen molar-refractivity contribution >= 4 is 0 Å². The molecule has 0 aliphatic heterocycles. The minimum atomic E-state index is -0.805. The third kappa shape index (κ3) is 3.96. The monoisotopic (exact) mass is 222 g/mol. The zero-order valence-electron chi connectivity index (χ0n) is 10.8. The Hall–Kier alpha value is -0.850. The molecule has 0 aromatic heterocycles. The van der Waals surface area contributed by atoms with E-state index in [1.165, 1.54) is 5.57 Å². The van der Waals surface area contributed by atoms with E-state index in [9.17, 15) is 4.39 Å². The van der Waals surface area contributed by atoms with Crippen molar-refractivity contribution in [3.05, 3.63) is 35.5 Å². The molecule has 0 radical (unpaired) electrons. The highest BCUT2D eigenvalue weighted by Gasteiger charge is 2.18. The summed E-state index contributed by atoms with van der Waals surface area (Å²) in [5, 5.41) is 0. The Bertz CT molecular complexity index is 303. The highest BCUT2D eigenvalue weighted by atomic mass is 19.1. The van der Waals surface area contributed by atoms with Crippen LogP contribution < -0.4 is 0 Å². The Balaban J connectivity index is 2.50. The fraction of sp³-hybridized carbons (Fsp3) is 0.600. The molecule has 0 aromatic rings. The molecule has 0 saturated heterocycles. The number of alkyl halides is 1. The van der Waals surface area contributed by atoms with Crippen LogP contribution in [0.1, 0.15) is 40.5 Å². The number of rotatable bonds is 4. The van der Waals surface area contributed by atoms with E-state index in [1.54, 1.807) is 0 Å². The molecule has 1 rings (SSSR count). The first-order chi connectivity index (χ1) is 7.50. The smallest absolute Gasteiger partial charge is 0.127 e. The van der Waals surface area contributed by atoms with Crippen LogP contribution in [-0.4, -0.2) is 6.17 Å². The minimum absolute atomic E-state index is 0.0743. The molecule has 0 saturated carbocycles. The average Bonchev–Trinajstić information content (AvgIpc) is 2.26. The highest BCUT2D eigenvalue weighted by Crippen LogP contribution is 2.26. The second kappa shape index (κ2) is 6.03. The lowest BCUT2D eigenvalue weighted by molar-refractivity contribution is 0.301. The van der Waals surface area contributed by atoms with Gasteiger partial charge in [-0.2, -0.15) is 0 Å². The van der Waals surface area contributed by atoms with E-state index in [0.29, 0.717) is 5.92 Å². The first-order valence-electron chi connectivity index (χ1n) is 6.16. The van der Waals surface area contributed by atoms with Gasteiger partial charge in [0.05, 0.1) is 0 Å². The van der Waals surface area contributed by atoms with Gasteiger partial charge in [0, 0.05) is 0 Å². The molecule has 1 heteroatoms. The maximum Gasteiger partial charge on any atom is 0.127 e. The fourth-order valence-corrected chi connectivity index (χ4v) is 1.83. The van der Waals surface area contributed by atoms with Crippen LogP contribution in [0, 0.1) is 11.8 Å². The van der Waals surface area contributed by atoms with Crippen molar-refractivity contribution in [2.75, 3.05) is 0 Å². The molecule has 0 N–H and O–H groups in total. The van der Waals surface area contributed by atoms with Crippen LogP contribution in [0.25, 0.3) is 0 Å². The van der Waals surface area contributed by atoms with Crippen LogP contribution in [0.4, 0.5) is 4.39 Å². The largest absolute Gasteiger partial charge is 0.242 e. The van der Waals surface area contributed by atoms with Gasteiger partial charge in [-0.15, -0.1) is 0 Å². The van der Waals surface area contributed by atoms with Gasteiger partial charge in [-0.1, -0.05) is 43.7 Å². The molecule has 2 atom stereocenters. The summed E-state index contributed by atoms with van der Waals surface area (Å²) in [5.74, 6) is 0.628. The molecule has 16 heavy (non-hydrogen) atoms. The summed E-state index contributed by atoms with van der Waals surface area (Å²) in [6.07, 6.45) is 9.68. The number of halogens is 1. The van der Waals surface area contributed by atoms with E-state index in [0.717, 1.165) is 18.4 Å². The molecule has 0 amide bonds. The van der Waals surface area contributed by atoms with Crippen LogP contribution >= 0.6 is 0 Å². The van der Waals surface area contributed by atoms with Crippen molar-refractivity contribution in [1.29, 1.82) is 0 Å². The zero-order chi connectivity index (χ0) is 12.1. The molecule has 90 valence electrons. The lowest BCUT2D eigenvalue weighted by Crippen LogP contribution is -2.13. The van der Waals surface area contributed by atoms with Gasteiger partial charge >= 0.3 is 0 Å². The Labute approximate surface area is 98.9 Å². The highest BCUT2D eigenvalue weighted by molar-refractivity contribution is 5.28. The predicted molar refractivity (Wildman–Crippen MR) is 69.1 cm³/mol.